The molecule has 3 nitrogen and oxygen atoms in total. The third kappa shape index (κ3) is 4.03. The van der Waals surface area contributed by atoms with Crippen LogP contribution >= 0.6 is 11.3 Å². The molecule has 2 fully saturated rings. The van der Waals surface area contributed by atoms with Gasteiger partial charge in [-0.3, -0.25) is 4.90 Å². The van der Waals surface area contributed by atoms with Crippen molar-refractivity contribution in [3.8, 4) is 0 Å². The first-order valence-electron chi connectivity index (χ1n) is 10.1. The van der Waals surface area contributed by atoms with Gasteiger partial charge in [0, 0.05) is 25.0 Å². The van der Waals surface area contributed by atoms with Crippen LogP contribution in [0.1, 0.15) is 48.4 Å². The van der Waals surface area contributed by atoms with Crippen molar-refractivity contribution in [2.45, 2.75) is 45.6 Å². The largest absolute Gasteiger partial charge is 0.302 e. The standard InChI is InChI=1S/C22H31N3S/c1-3-24-14-20(19-7-5-4-6-8-19)13-22(17-24)9-11-25(12-10-22)15-21-16-26-18(2)23-21/h4-8,16,20H,3,9-15,17H2,1-2H3/t20-/m1/s1. The Bertz CT molecular complexity index is 703. The van der Waals surface area contributed by atoms with E-state index in [1.165, 1.54) is 68.3 Å². The number of aromatic nitrogens is 1. The van der Waals surface area contributed by atoms with E-state index in [-0.39, 0.29) is 0 Å². The maximum absolute atomic E-state index is 4.65. The van der Waals surface area contributed by atoms with E-state index in [0.29, 0.717) is 11.3 Å². The Morgan fingerprint density at radius 2 is 1.92 bits per heavy atom. The fourth-order valence-electron chi connectivity index (χ4n) is 4.95. The Hall–Kier alpha value is -1.23. The Morgan fingerprint density at radius 3 is 2.58 bits per heavy atom. The molecular weight excluding hydrogens is 338 g/mol. The molecule has 2 aliphatic heterocycles. The fourth-order valence-corrected chi connectivity index (χ4v) is 5.55. The van der Waals surface area contributed by atoms with Crippen molar-refractivity contribution in [1.82, 2.24) is 14.8 Å². The van der Waals surface area contributed by atoms with Crippen LogP contribution in [0.4, 0.5) is 0 Å². The van der Waals surface area contributed by atoms with Crippen LogP contribution in [0.25, 0.3) is 0 Å². The average molecular weight is 370 g/mol. The zero-order valence-electron chi connectivity index (χ0n) is 16.2. The van der Waals surface area contributed by atoms with Gasteiger partial charge < -0.3 is 4.90 Å². The van der Waals surface area contributed by atoms with E-state index in [2.05, 4.69) is 64.3 Å². The van der Waals surface area contributed by atoms with Gasteiger partial charge in [0.25, 0.3) is 0 Å². The van der Waals surface area contributed by atoms with Gasteiger partial charge in [0.05, 0.1) is 10.7 Å². The molecule has 0 aliphatic carbocycles. The number of thiazole rings is 1. The number of likely N-dealkylation sites (tertiary alicyclic amines) is 2. The van der Waals surface area contributed by atoms with Crippen molar-refractivity contribution >= 4 is 11.3 Å². The number of piperidine rings is 2. The number of likely N-dealkylation sites (N-methyl/N-ethyl adjacent to an activating group) is 1. The zero-order chi connectivity index (χ0) is 18.0. The van der Waals surface area contributed by atoms with Crippen LogP contribution in [0.15, 0.2) is 35.7 Å². The van der Waals surface area contributed by atoms with Crippen molar-refractivity contribution in [2.24, 2.45) is 5.41 Å². The van der Waals surface area contributed by atoms with E-state index in [4.69, 9.17) is 0 Å². The summed E-state index contributed by atoms with van der Waals surface area (Å²) >= 11 is 1.77. The molecule has 26 heavy (non-hydrogen) atoms. The molecule has 1 spiro atoms. The van der Waals surface area contributed by atoms with Crippen molar-refractivity contribution in [3.63, 3.8) is 0 Å². The van der Waals surface area contributed by atoms with Crippen LogP contribution in [0, 0.1) is 12.3 Å². The number of aryl methyl sites for hydroxylation is 1. The van der Waals surface area contributed by atoms with Gasteiger partial charge in [-0.25, -0.2) is 4.98 Å². The maximum atomic E-state index is 4.65. The van der Waals surface area contributed by atoms with Crippen LogP contribution in [0.3, 0.4) is 0 Å². The van der Waals surface area contributed by atoms with Gasteiger partial charge in [-0.1, -0.05) is 37.3 Å². The van der Waals surface area contributed by atoms with Crippen LogP contribution in [0.2, 0.25) is 0 Å². The number of rotatable bonds is 4. The topological polar surface area (TPSA) is 19.4 Å². The molecule has 0 saturated carbocycles. The lowest BCUT2D eigenvalue weighted by molar-refractivity contribution is 0.0135. The fraction of sp³-hybridized carbons (Fsp3) is 0.591. The molecular formula is C22H31N3S. The first-order chi connectivity index (χ1) is 12.7. The summed E-state index contributed by atoms with van der Waals surface area (Å²) in [6.45, 7) is 11.6. The number of hydrogen-bond acceptors (Lipinski definition) is 4. The summed E-state index contributed by atoms with van der Waals surface area (Å²) < 4.78 is 0. The number of hydrogen-bond donors (Lipinski definition) is 0. The Balaban J connectivity index is 1.42. The highest BCUT2D eigenvalue weighted by molar-refractivity contribution is 7.09. The van der Waals surface area contributed by atoms with E-state index in [0.717, 1.165) is 6.54 Å². The van der Waals surface area contributed by atoms with Gasteiger partial charge in [-0.05, 0) is 62.7 Å². The first-order valence-corrected chi connectivity index (χ1v) is 10.9. The predicted molar refractivity (Wildman–Crippen MR) is 110 cm³/mol. The Kier molecular flexibility index (Phi) is 5.44. The van der Waals surface area contributed by atoms with E-state index in [1.54, 1.807) is 11.3 Å². The summed E-state index contributed by atoms with van der Waals surface area (Å²) in [6.07, 6.45) is 4.02. The van der Waals surface area contributed by atoms with Gasteiger partial charge in [-0.15, -0.1) is 11.3 Å². The second-order valence-corrected chi connectivity index (χ2v) is 9.34. The first kappa shape index (κ1) is 18.1. The van der Waals surface area contributed by atoms with E-state index in [1.807, 2.05) is 0 Å². The molecule has 4 heteroatoms. The SMILES string of the molecule is CCN1C[C@H](c2ccccc2)CC2(CCN(Cc3csc(C)n3)CC2)C1. The summed E-state index contributed by atoms with van der Waals surface area (Å²) in [6, 6.07) is 11.2. The average Bonchev–Trinajstić information content (AvgIpc) is 3.09. The normalized spacial score (nSPS) is 24.2. The summed E-state index contributed by atoms with van der Waals surface area (Å²) in [4.78, 5) is 9.96. The Labute approximate surface area is 162 Å². The van der Waals surface area contributed by atoms with Crippen LogP contribution in [0.5, 0.6) is 0 Å². The van der Waals surface area contributed by atoms with Crippen molar-refractivity contribution in [2.75, 3.05) is 32.7 Å². The van der Waals surface area contributed by atoms with Gasteiger partial charge >= 0.3 is 0 Å². The molecule has 140 valence electrons. The lowest BCUT2D eigenvalue weighted by Crippen LogP contribution is -2.51. The van der Waals surface area contributed by atoms with Crippen molar-refractivity contribution in [1.29, 1.82) is 0 Å². The highest BCUT2D eigenvalue weighted by Crippen LogP contribution is 2.45. The maximum Gasteiger partial charge on any atom is 0.0897 e. The summed E-state index contributed by atoms with van der Waals surface area (Å²) in [7, 11) is 0. The molecule has 0 radical (unpaired) electrons. The quantitative estimate of drug-likeness (QED) is 0.788. The van der Waals surface area contributed by atoms with Gasteiger partial charge in [0.2, 0.25) is 0 Å². The Morgan fingerprint density at radius 1 is 1.15 bits per heavy atom. The van der Waals surface area contributed by atoms with Crippen LogP contribution in [-0.2, 0) is 6.54 Å². The van der Waals surface area contributed by atoms with E-state index in [9.17, 15) is 0 Å². The van der Waals surface area contributed by atoms with Crippen molar-refractivity contribution < 1.29 is 0 Å². The predicted octanol–water partition coefficient (Wildman–Crippen LogP) is 4.54. The summed E-state index contributed by atoms with van der Waals surface area (Å²) in [5.41, 5.74) is 3.29. The highest BCUT2D eigenvalue weighted by Gasteiger charge is 2.41. The highest BCUT2D eigenvalue weighted by atomic mass is 32.1. The van der Waals surface area contributed by atoms with E-state index < -0.39 is 0 Å². The lowest BCUT2D eigenvalue weighted by Gasteiger charge is -2.50. The molecule has 0 amide bonds. The van der Waals surface area contributed by atoms with Crippen molar-refractivity contribution in [3.05, 3.63) is 52.0 Å². The minimum Gasteiger partial charge on any atom is -0.302 e. The minimum absolute atomic E-state index is 0.503. The van der Waals surface area contributed by atoms with Gasteiger partial charge in [0.1, 0.15) is 0 Å². The van der Waals surface area contributed by atoms with Crippen LogP contribution < -0.4 is 0 Å². The number of nitrogens with zero attached hydrogens (tertiary/aromatic N) is 3. The smallest absolute Gasteiger partial charge is 0.0897 e. The van der Waals surface area contributed by atoms with Gasteiger partial charge in [0.15, 0.2) is 0 Å². The third-order valence-corrected chi connectivity index (χ3v) is 7.23. The summed E-state index contributed by atoms with van der Waals surface area (Å²) in [5, 5.41) is 3.41. The molecule has 1 aromatic carbocycles. The van der Waals surface area contributed by atoms with E-state index >= 15 is 0 Å². The molecule has 2 aromatic rings. The molecule has 0 unspecified atom stereocenters. The lowest BCUT2D eigenvalue weighted by atomic mass is 9.68. The molecule has 2 aliphatic rings. The molecule has 2 saturated heterocycles. The van der Waals surface area contributed by atoms with Crippen LogP contribution in [-0.4, -0.2) is 47.5 Å². The molecule has 0 N–H and O–H groups in total. The number of benzene rings is 1. The molecule has 1 atom stereocenters. The van der Waals surface area contributed by atoms with Gasteiger partial charge in [-0.2, -0.15) is 0 Å². The molecule has 3 heterocycles. The second kappa shape index (κ2) is 7.79. The molecule has 4 rings (SSSR count). The molecule has 1 aromatic heterocycles. The third-order valence-electron chi connectivity index (χ3n) is 6.40. The monoisotopic (exact) mass is 369 g/mol. The summed E-state index contributed by atoms with van der Waals surface area (Å²) in [5.74, 6) is 0.692. The minimum atomic E-state index is 0.503. The second-order valence-electron chi connectivity index (χ2n) is 8.27. The zero-order valence-corrected chi connectivity index (χ0v) is 17.0. The molecule has 0 bridgehead atoms.